The molecule has 0 spiro atoms. The Kier molecular flexibility index (Phi) is 16.7. The van der Waals surface area contributed by atoms with Gasteiger partial charge in [-0.2, -0.15) is 0 Å². The summed E-state index contributed by atoms with van der Waals surface area (Å²) < 4.78 is 0. The molecule has 0 aliphatic carbocycles. The summed E-state index contributed by atoms with van der Waals surface area (Å²) in [5, 5.41) is 35.3. The van der Waals surface area contributed by atoms with Gasteiger partial charge in [0, 0.05) is 69.9 Å². The third-order valence-electron chi connectivity index (χ3n) is 13.0. The van der Waals surface area contributed by atoms with Crippen molar-refractivity contribution in [3.05, 3.63) is 101 Å². The van der Waals surface area contributed by atoms with Crippen molar-refractivity contribution >= 4 is 46.3 Å². The molecule has 0 saturated carbocycles. The van der Waals surface area contributed by atoms with Crippen LogP contribution in [0.25, 0.3) is 21.7 Å². The van der Waals surface area contributed by atoms with E-state index in [2.05, 4.69) is 71.8 Å². The van der Waals surface area contributed by atoms with E-state index in [0.717, 1.165) is 98.8 Å². The molecule has 2 aliphatic rings. The minimum absolute atomic E-state index is 0.0393. The number of nitrogens with one attached hydrogen (secondary N) is 2. The highest BCUT2D eigenvalue weighted by Gasteiger charge is 2.44. The van der Waals surface area contributed by atoms with Crippen LogP contribution in [0.15, 0.2) is 84.4 Å². The van der Waals surface area contributed by atoms with Gasteiger partial charge in [-0.25, -0.2) is 4.98 Å². The third kappa shape index (κ3) is 12.9. The number of likely N-dealkylation sites (tertiary alicyclic amines) is 1. The van der Waals surface area contributed by atoms with Crippen molar-refractivity contribution in [3.8, 4) is 27.4 Å². The van der Waals surface area contributed by atoms with Crippen molar-refractivity contribution in [3.63, 3.8) is 0 Å². The Morgan fingerprint density at radius 2 is 1.57 bits per heavy atom. The Hall–Kier alpha value is -6.10. The van der Waals surface area contributed by atoms with E-state index in [0.29, 0.717) is 23.5 Å². The molecule has 16 heteroatoms. The number of carbonyl (C=O) groups excluding carboxylic acids is 3. The number of phenols is 1. The molecule has 3 aromatic carbocycles. The number of amides is 3. The van der Waals surface area contributed by atoms with Crippen LogP contribution in [0, 0.1) is 12.3 Å². The van der Waals surface area contributed by atoms with E-state index < -0.39 is 23.6 Å². The predicted octanol–water partition coefficient (Wildman–Crippen LogP) is 6.77. The van der Waals surface area contributed by atoms with Crippen LogP contribution in [-0.2, 0) is 27.5 Å². The van der Waals surface area contributed by atoms with Gasteiger partial charge in [-0.3, -0.25) is 14.4 Å². The molecule has 2 fully saturated rings. The first-order valence-corrected chi connectivity index (χ1v) is 24.8. The predicted molar refractivity (Wildman–Crippen MR) is 270 cm³/mol. The van der Waals surface area contributed by atoms with Crippen LogP contribution >= 0.6 is 11.3 Å². The van der Waals surface area contributed by atoms with Crippen molar-refractivity contribution in [1.29, 1.82) is 0 Å². The van der Waals surface area contributed by atoms with Gasteiger partial charge in [0.1, 0.15) is 17.8 Å². The molecule has 4 heterocycles. The van der Waals surface area contributed by atoms with Crippen LogP contribution in [0.1, 0.15) is 82.5 Å². The van der Waals surface area contributed by atoms with Crippen LogP contribution in [0.2, 0.25) is 0 Å². The Bertz CT molecular complexity index is 2470. The zero-order valence-corrected chi connectivity index (χ0v) is 41.0. The molecule has 5 aromatic rings. The van der Waals surface area contributed by atoms with Gasteiger partial charge < -0.3 is 46.2 Å². The number of nitrogens with zero attached hydrogens (tertiary/aromatic N) is 7. The fourth-order valence-electron chi connectivity index (χ4n) is 9.09. The number of nitrogen functional groups attached to an aromatic ring is 1. The number of nitrogens with two attached hydrogens (primary N) is 1. The summed E-state index contributed by atoms with van der Waals surface area (Å²) in [4.78, 5) is 54.6. The first kappa shape index (κ1) is 49.8. The van der Waals surface area contributed by atoms with Gasteiger partial charge in [-0.15, -0.1) is 21.5 Å². The van der Waals surface area contributed by atoms with Crippen LogP contribution in [0.3, 0.4) is 0 Å². The van der Waals surface area contributed by atoms with Gasteiger partial charge in [0.25, 0.3) is 0 Å². The molecule has 0 bridgehead atoms. The second kappa shape index (κ2) is 22.8. The summed E-state index contributed by atoms with van der Waals surface area (Å²) in [6, 6.07) is 24.1. The largest absolute Gasteiger partial charge is 0.507 e. The molecule has 6 N–H and O–H groups in total. The van der Waals surface area contributed by atoms with Crippen molar-refractivity contribution in [1.82, 2.24) is 35.6 Å². The summed E-state index contributed by atoms with van der Waals surface area (Å²) in [5.41, 5.74) is 14.9. The monoisotopic (exact) mass is 945 g/mol. The first-order chi connectivity index (χ1) is 32.6. The summed E-state index contributed by atoms with van der Waals surface area (Å²) in [5.74, 6) is -0.323. The zero-order chi connectivity index (χ0) is 48.4. The number of aliphatic hydroxyl groups excluding tert-OH is 1. The number of hydrogen-bond acceptors (Lipinski definition) is 13. The Morgan fingerprint density at radius 1 is 0.897 bits per heavy atom. The van der Waals surface area contributed by atoms with Gasteiger partial charge >= 0.3 is 0 Å². The highest BCUT2D eigenvalue weighted by atomic mass is 32.1. The second-order valence-corrected chi connectivity index (χ2v) is 20.2. The van der Waals surface area contributed by atoms with Crippen molar-refractivity contribution in [2.45, 2.75) is 104 Å². The van der Waals surface area contributed by atoms with Crippen LogP contribution in [0.4, 0.5) is 17.2 Å². The number of aromatic hydroxyl groups is 1. The number of phenolic OH excluding ortho intramolecular Hbond substituents is 1. The minimum Gasteiger partial charge on any atom is -0.507 e. The number of β-amino-alcohol motifs (C(OH)–C–C–N with tert-alkyl or cyclic N) is 1. The van der Waals surface area contributed by atoms with E-state index in [9.17, 15) is 24.6 Å². The standard InChI is InChI=1S/C52H68N10O5S/c1-35-47(68-34-55-35)38-20-16-36(17-21-38)31-54-50(66)44-29-40(63)33-62(44)51(67)48(52(2,3)4)56-46(65)15-9-7-6-8-12-24-59(5)32-37-18-22-39(23-19-37)60-25-27-61(28-26-60)43-30-42(57-58-49(43)53)41-13-10-11-14-45(41)64/h10-11,13-14,16-23,30,34,40,44,48,63-64H,6-9,12,15,24-29,31-33H2,1-5H3,(H2,53,58)(H,54,66)(H,56,65)/t40-,44+,48-/m1/s1. The normalized spacial score (nSPS) is 16.8. The minimum atomic E-state index is -0.843. The summed E-state index contributed by atoms with van der Waals surface area (Å²) in [6.07, 6.45) is 4.42. The topological polar surface area (TPSA) is 193 Å². The van der Waals surface area contributed by atoms with E-state index in [4.69, 9.17) is 5.73 Å². The third-order valence-corrected chi connectivity index (χ3v) is 14.0. The Balaban J connectivity index is 0.782. The molecule has 2 saturated heterocycles. The fourth-order valence-corrected chi connectivity index (χ4v) is 9.90. The lowest BCUT2D eigenvalue weighted by atomic mass is 9.85. The number of aliphatic hydroxyl groups is 1. The maximum absolute atomic E-state index is 14.0. The Labute approximate surface area is 404 Å². The number of piperazine rings is 1. The maximum Gasteiger partial charge on any atom is 0.246 e. The summed E-state index contributed by atoms with van der Waals surface area (Å²) in [6.45, 7) is 13.1. The number of para-hydroxylation sites is 1. The molecule has 2 aliphatic heterocycles. The van der Waals surface area contributed by atoms with E-state index in [-0.39, 0.29) is 43.0 Å². The van der Waals surface area contributed by atoms with Gasteiger partial charge in [-0.1, -0.05) is 88.6 Å². The van der Waals surface area contributed by atoms with Crippen molar-refractivity contribution < 1.29 is 24.6 Å². The molecule has 15 nitrogen and oxygen atoms in total. The average molecular weight is 945 g/mol. The molecular formula is C52H68N10O5S. The number of unbranched alkanes of at least 4 members (excludes halogenated alkanes) is 4. The molecule has 7 rings (SSSR count). The highest BCUT2D eigenvalue weighted by Crippen LogP contribution is 2.33. The maximum atomic E-state index is 14.0. The van der Waals surface area contributed by atoms with Crippen molar-refractivity contribution in [2.24, 2.45) is 5.41 Å². The lowest BCUT2D eigenvalue weighted by molar-refractivity contribution is -0.144. The number of aryl methyl sites for hydroxylation is 1. The molecule has 3 atom stereocenters. The van der Waals surface area contributed by atoms with Crippen LogP contribution in [-0.4, -0.2) is 117 Å². The van der Waals surface area contributed by atoms with Gasteiger partial charge in [0.2, 0.25) is 17.7 Å². The second-order valence-electron chi connectivity index (χ2n) is 19.4. The lowest BCUT2D eigenvalue weighted by Crippen LogP contribution is -2.57. The average Bonchev–Trinajstić information content (AvgIpc) is 3.95. The smallest absolute Gasteiger partial charge is 0.246 e. The molecule has 68 heavy (non-hydrogen) atoms. The number of rotatable bonds is 19. The zero-order valence-electron chi connectivity index (χ0n) is 40.2. The lowest BCUT2D eigenvalue weighted by Gasteiger charge is -2.37. The number of thiazole rings is 1. The van der Waals surface area contributed by atoms with E-state index in [1.54, 1.807) is 23.5 Å². The van der Waals surface area contributed by atoms with E-state index in [1.807, 2.05) is 75.7 Å². The highest BCUT2D eigenvalue weighted by molar-refractivity contribution is 7.13. The number of aromatic nitrogens is 3. The van der Waals surface area contributed by atoms with Crippen molar-refractivity contribution in [2.75, 3.05) is 61.8 Å². The molecule has 0 unspecified atom stereocenters. The molecule has 3 amide bonds. The Morgan fingerprint density at radius 3 is 2.26 bits per heavy atom. The van der Waals surface area contributed by atoms with Crippen LogP contribution in [0.5, 0.6) is 5.75 Å². The van der Waals surface area contributed by atoms with Gasteiger partial charge in [-0.05, 0) is 85.8 Å². The van der Waals surface area contributed by atoms with Gasteiger partial charge in [0.15, 0.2) is 5.82 Å². The first-order valence-electron chi connectivity index (χ1n) is 23.9. The number of hydrogen-bond donors (Lipinski definition) is 5. The molecule has 0 radical (unpaired) electrons. The molecular weight excluding hydrogens is 877 g/mol. The summed E-state index contributed by atoms with van der Waals surface area (Å²) >= 11 is 1.59. The van der Waals surface area contributed by atoms with Crippen LogP contribution < -0.4 is 26.2 Å². The fraction of sp³-hybridized carbons (Fsp3) is 0.462. The van der Waals surface area contributed by atoms with E-state index in [1.165, 1.54) is 16.2 Å². The number of carbonyl (C=O) groups is 3. The SMILES string of the molecule is Cc1ncsc1-c1ccc(CNC(=O)[C@@H]2C[C@@H](O)CN2C(=O)[C@@H](NC(=O)CCCCCCCN(C)Cc2ccc(N3CCN(c4cc(-c5ccccc5O)nnc4N)CC3)cc2)C(C)(C)C)cc1. The molecule has 362 valence electrons. The quantitative estimate of drug-likeness (QED) is 0.0547. The van der Waals surface area contributed by atoms with E-state index >= 15 is 0 Å². The summed E-state index contributed by atoms with van der Waals surface area (Å²) in [7, 11) is 2.15. The number of anilines is 3. The molecule has 2 aromatic heterocycles. The number of benzene rings is 3. The van der Waals surface area contributed by atoms with Gasteiger partial charge in [0.05, 0.1) is 33.6 Å².